The van der Waals surface area contributed by atoms with Crippen molar-refractivity contribution in [3.8, 4) is 0 Å². The molecule has 1 saturated heterocycles. The van der Waals surface area contributed by atoms with Crippen LogP contribution in [0.1, 0.15) is 29.0 Å². The summed E-state index contributed by atoms with van der Waals surface area (Å²) in [5, 5.41) is 0. The number of hydrogen-bond donors (Lipinski definition) is 0. The van der Waals surface area contributed by atoms with Crippen molar-refractivity contribution >= 4 is 10.0 Å². The van der Waals surface area contributed by atoms with Crippen LogP contribution in [0, 0.1) is 6.92 Å². The molecular weight excluding hydrogens is 358 g/mol. The largest absolute Gasteiger partial charge is 0.356 e. The molecule has 0 amide bonds. The number of hydrogen-bond acceptors (Lipinski definition) is 3. The van der Waals surface area contributed by atoms with Gasteiger partial charge in [-0.15, -0.1) is 0 Å². The lowest BCUT2D eigenvalue weighted by Crippen LogP contribution is -2.33. The molecule has 1 aliphatic heterocycles. The Bertz CT molecular complexity index is 1020. The Morgan fingerprint density at radius 3 is 2.15 bits per heavy atom. The summed E-state index contributed by atoms with van der Waals surface area (Å²) in [5.41, 5.74) is 2.85. The minimum Gasteiger partial charge on any atom is -0.356 e. The smallest absolute Gasteiger partial charge is 0.246 e. The maximum atomic E-state index is 13.5. The molecule has 4 rings (SSSR count). The molecule has 3 aromatic rings. The van der Waals surface area contributed by atoms with Gasteiger partial charge >= 0.3 is 0 Å². The van der Waals surface area contributed by atoms with Gasteiger partial charge in [0, 0.05) is 0 Å². The molecular formula is C22H21NO3S. The first kappa shape index (κ1) is 17.9. The van der Waals surface area contributed by atoms with Crippen LogP contribution in [0.3, 0.4) is 0 Å². The molecule has 0 N–H and O–H groups in total. The number of sulfonamides is 1. The molecule has 4 nitrogen and oxygen atoms in total. The van der Waals surface area contributed by atoms with E-state index in [1.165, 1.54) is 4.31 Å². The lowest BCUT2D eigenvalue weighted by molar-refractivity contribution is 0.0681. The van der Waals surface area contributed by atoms with Crippen LogP contribution in [0.15, 0.2) is 89.8 Å². The summed E-state index contributed by atoms with van der Waals surface area (Å²) in [4.78, 5) is 0.272. The normalized spacial score (nSPS) is 20.6. The minimum absolute atomic E-state index is 0.272. The van der Waals surface area contributed by atoms with Crippen molar-refractivity contribution in [3.05, 3.63) is 102 Å². The standard InChI is InChI=1S/C22H21NO3S/c1-17-9-8-12-19(15-17)21-16-26-22(18-10-4-2-5-11-18)23(21)27(24,25)20-13-6-3-7-14-20/h2-15,21-22H,16H2,1H3. The predicted octanol–water partition coefficient (Wildman–Crippen LogP) is 4.46. The maximum Gasteiger partial charge on any atom is 0.246 e. The molecule has 1 fully saturated rings. The lowest BCUT2D eigenvalue weighted by Gasteiger charge is -2.28. The van der Waals surface area contributed by atoms with Crippen LogP contribution in [-0.2, 0) is 14.8 Å². The summed E-state index contributed by atoms with van der Waals surface area (Å²) in [5.74, 6) is 0. The number of rotatable bonds is 4. The fourth-order valence-corrected chi connectivity index (χ4v) is 5.18. The molecule has 0 radical (unpaired) electrons. The zero-order chi connectivity index (χ0) is 18.9. The molecule has 2 atom stereocenters. The summed E-state index contributed by atoms with van der Waals surface area (Å²) in [6.45, 7) is 2.32. The highest BCUT2D eigenvalue weighted by Gasteiger charge is 2.44. The number of nitrogens with zero attached hydrogens (tertiary/aromatic N) is 1. The third kappa shape index (κ3) is 3.41. The van der Waals surface area contributed by atoms with Crippen LogP contribution in [0.25, 0.3) is 0 Å². The van der Waals surface area contributed by atoms with Gasteiger partial charge < -0.3 is 4.74 Å². The summed E-state index contributed by atoms with van der Waals surface area (Å²) in [6, 6.07) is 25.6. The highest BCUT2D eigenvalue weighted by atomic mass is 32.2. The lowest BCUT2D eigenvalue weighted by atomic mass is 10.1. The highest BCUT2D eigenvalue weighted by Crippen LogP contribution is 2.42. The van der Waals surface area contributed by atoms with Crippen molar-refractivity contribution in [2.75, 3.05) is 6.61 Å². The summed E-state index contributed by atoms with van der Waals surface area (Å²) < 4.78 is 34.6. The van der Waals surface area contributed by atoms with Crippen molar-refractivity contribution in [2.45, 2.75) is 24.1 Å². The Morgan fingerprint density at radius 2 is 1.48 bits per heavy atom. The minimum atomic E-state index is -3.74. The number of benzene rings is 3. The van der Waals surface area contributed by atoms with Gasteiger partial charge in [-0.1, -0.05) is 78.4 Å². The quantitative estimate of drug-likeness (QED) is 0.673. The van der Waals surface area contributed by atoms with E-state index in [2.05, 4.69) is 0 Å². The van der Waals surface area contributed by atoms with Gasteiger partial charge in [0.25, 0.3) is 0 Å². The van der Waals surface area contributed by atoms with Gasteiger partial charge in [0.05, 0.1) is 17.5 Å². The molecule has 0 bridgehead atoms. The van der Waals surface area contributed by atoms with Gasteiger partial charge in [0.15, 0.2) is 6.23 Å². The fraction of sp³-hybridized carbons (Fsp3) is 0.182. The molecule has 1 aliphatic rings. The van der Waals surface area contributed by atoms with Crippen LogP contribution in [0.4, 0.5) is 0 Å². The molecule has 2 unspecified atom stereocenters. The van der Waals surface area contributed by atoms with E-state index in [4.69, 9.17) is 4.74 Å². The van der Waals surface area contributed by atoms with E-state index < -0.39 is 16.3 Å². The van der Waals surface area contributed by atoms with Crippen molar-refractivity contribution in [1.29, 1.82) is 0 Å². The van der Waals surface area contributed by atoms with E-state index >= 15 is 0 Å². The SMILES string of the molecule is Cc1cccc(C2COC(c3ccccc3)N2S(=O)(=O)c2ccccc2)c1. The molecule has 138 valence electrons. The van der Waals surface area contributed by atoms with Crippen LogP contribution < -0.4 is 0 Å². The Hall–Kier alpha value is -2.47. The first-order valence-corrected chi connectivity index (χ1v) is 10.3. The van der Waals surface area contributed by atoms with E-state index in [0.717, 1.165) is 16.7 Å². The monoisotopic (exact) mass is 379 g/mol. The van der Waals surface area contributed by atoms with E-state index in [9.17, 15) is 8.42 Å². The summed E-state index contributed by atoms with van der Waals surface area (Å²) >= 11 is 0. The maximum absolute atomic E-state index is 13.5. The predicted molar refractivity (Wildman–Crippen MR) is 105 cm³/mol. The van der Waals surface area contributed by atoms with Gasteiger partial charge in [0.2, 0.25) is 10.0 Å². The second-order valence-corrected chi connectivity index (χ2v) is 8.52. The molecule has 5 heteroatoms. The van der Waals surface area contributed by atoms with E-state index in [-0.39, 0.29) is 10.9 Å². The Labute approximate surface area is 160 Å². The van der Waals surface area contributed by atoms with Crippen LogP contribution >= 0.6 is 0 Å². The van der Waals surface area contributed by atoms with Gasteiger partial charge in [0.1, 0.15) is 0 Å². The number of ether oxygens (including phenoxy) is 1. The Kier molecular flexibility index (Phi) is 4.83. The summed E-state index contributed by atoms with van der Waals surface area (Å²) in [7, 11) is -3.74. The van der Waals surface area contributed by atoms with E-state index in [1.807, 2.05) is 67.6 Å². The molecule has 1 heterocycles. The first-order valence-electron chi connectivity index (χ1n) is 8.89. The van der Waals surface area contributed by atoms with Crippen molar-refractivity contribution in [1.82, 2.24) is 4.31 Å². The van der Waals surface area contributed by atoms with Crippen LogP contribution in [-0.4, -0.2) is 19.3 Å². The van der Waals surface area contributed by atoms with Gasteiger partial charge in [-0.25, -0.2) is 8.42 Å². The topological polar surface area (TPSA) is 46.6 Å². The van der Waals surface area contributed by atoms with Crippen molar-refractivity contribution in [2.24, 2.45) is 0 Å². The second kappa shape index (κ2) is 7.27. The van der Waals surface area contributed by atoms with Gasteiger partial charge in [-0.3, -0.25) is 0 Å². The average Bonchev–Trinajstić information content (AvgIpc) is 3.15. The van der Waals surface area contributed by atoms with E-state index in [0.29, 0.717) is 6.61 Å². The Morgan fingerprint density at radius 1 is 0.852 bits per heavy atom. The van der Waals surface area contributed by atoms with Crippen molar-refractivity contribution in [3.63, 3.8) is 0 Å². The summed E-state index contributed by atoms with van der Waals surface area (Å²) in [6.07, 6.45) is -0.651. The third-order valence-electron chi connectivity index (χ3n) is 4.78. The zero-order valence-corrected chi connectivity index (χ0v) is 15.8. The van der Waals surface area contributed by atoms with Gasteiger partial charge in [-0.05, 0) is 30.2 Å². The first-order chi connectivity index (χ1) is 13.1. The second-order valence-electron chi connectivity index (χ2n) is 6.67. The van der Waals surface area contributed by atoms with Crippen LogP contribution in [0.5, 0.6) is 0 Å². The molecule has 0 aromatic heterocycles. The third-order valence-corrected chi connectivity index (χ3v) is 6.65. The molecule has 0 aliphatic carbocycles. The Balaban J connectivity index is 1.83. The molecule has 0 saturated carbocycles. The zero-order valence-electron chi connectivity index (χ0n) is 15.0. The van der Waals surface area contributed by atoms with Crippen molar-refractivity contribution < 1.29 is 13.2 Å². The number of aryl methyl sites for hydroxylation is 1. The molecule has 27 heavy (non-hydrogen) atoms. The highest BCUT2D eigenvalue weighted by molar-refractivity contribution is 7.89. The molecule has 3 aromatic carbocycles. The van der Waals surface area contributed by atoms with E-state index in [1.54, 1.807) is 24.3 Å². The van der Waals surface area contributed by atoms with Gasteiger partial charge in [-0.2, -0.15) is 4.31 Å². The van der Waals surface area contributed by atoms with Crippen LogP contribution in [0.2, 0.25) is 0 Å². The average molecular weight is 379 g/mol. The fourth-order valence-electron chi connectivity index (χ4n) is 3.48. The molecule has 0 spiro atoms.